The Balaban J connectivity index is 2.57. The number of carbonyl (C=O) groups is 1. The summed E-state index contributed by atoms with van der Waals surface area (Å²) in [6, 6.07) is 7.46. The molecule has 0 spiro atoms. The zero-order chi connectivity index (χ0) is 15.0. The Morgan fingerprint density at radius 1 is 1.35 bits per heavy atom. The molecule has 4 nitrogen and oxygen atoms in total. The van der Waals surface area contributed by atoms with Gasteiger partial charge in [0, 0.05) is 18.7 Å². The largest absolute Gasteiger partial charge is 0.497 e. The van der Waals surface area contributed by atoms with Crippen molar-refractivity contribution in [3.05, 3.63) is 35.9 Å². The number of rotatable bonds is 7. The highest BCUT2D eigenvalue weighted by atomic mass is 16.5. The molecule has 0 heterocycles. The van der Waals surface area contributed by atoms with Gasteiger partial charge >= 0.3 is 0 Å². The quantitative estimate of drug-likeness (QED) is 0.751. The Labute approximate surface area is 120 Å². The van der Waals surface area contributed by atoms with E-state index in [4.69, 9.17) is 9.84 Å². The van der Waals surface area contributed by atoms with Crippen molar-refractivity contribution in [1.29, 1.82) is 0 Å². The van der Waals surface area contributed by atoms with Gasteiger partial charge in [-0.25, -0.2) is 0 Å². The summed E-state index contributed by atoms with van der Waals surface area (Å²) >= 11 is 0. The number of aliphatic hydroxyl groups is 1. The van der Waals surface area contributed by atoms with Crippen LogP contribution in [-0.2, 0) is 4.79 Å². The van der Waals surface area contributed by atoms with Gasteiger partial charge in [-0.15, -0.1) is 0 Å². The summed E-state index contributed by atoms with van der Waals surface area (Å²) in [5.74, 6) is 0.933. The summed E-state index contributed by atoms with van der Waals surface area (Å²) in [5, 5.41) is 11.9. The third-order valence-corrected chi connectivity index (χ3v) is 3.12. The van der Waals surface area contributed by atoms with Crippen molar-refractivity contribution in [3.8, 4) is 5.75 Å². The van der Waals surface area contributed by atoms with Gasteiger partial charge in [0.05, 0.1) is 7.11 Å². The van der Waals surface area contributed by atoms with Gasteiger partial charge in [0.15, 0.2) is 0 Å². The highest BCUT2D eigenvalue weighted by Gasteiger charge is 2.13. The molecule has 0 saturated heterocycles. The average Bonchev–Trinajstić information content (AvgIpc) is 2.45. The van der Waals surface area contributed by atoms with E-state index in [0.717, 1.165) is 11.3 Å². The van der Waals surface area contributed by atoms with E-state index in [-0.39, 0.29) is 18.6 Å². The molecule has 0 bridgehead atoms. The first-order chi connectivity index (χ1) is 9.56. The van der Waals surface area contributed by atoms with Crippen LogP contribution in [0, 0.1) is 5.92 Å². The Kier molecular flexibility index (Phi) is 6.81. The van der Waals surface area contributed by atoms with Crippen LogP contribution in [0.25, 0.3) is 6.08 Å². The minimum Gasteiger partial charge on any atom is -0.497 e. The van der Waals surface area contributed by atoms with Crippen molar-refractivity contribution >= 4 is 12.0 Å². The van der Waals surface area contributed by atoms with Gasteiger partial charge in [0.25, 0.3) is 0 Å². The lowest BCUT2D eigenvalue weighted by Gasteiger charge is -2.20. The number of hydrogen-bond acceptors (Lipinski definition) is 3. The first kappa shape index (κ1) is 16.2. The van der Waals surface area contributed by atoms with E-state index in [1.807, 2.05) is 38.1 Å². The number of hydrogen-bond donors (Lipinski definition) is 2. The number of carbonyl (C=O) groups excluding carboxylic acids is 1. The molecule has 0 saturated carbocycles. The fourth-order valence-corrected chi connectivity index (χ4v) is 1.83. The summed E-state index contributed by atoms with van der Waals surface area (Å²) in [6.45, 7) is 4.12. The third-order valence-electron chi connectivity index (χ3n) is 3.12. The van der Waals surface area contributed by atoms with Crippen molar-refractivity contribution in [2.75, 3.05) is 13.7 Å². The molecular formula is C16H23NO3. The predicted molar refractivity (Wildman–Crippen MR) is 80.5 cm³/mol. The molecule has 1 atom stereocenters. The highest BCUT2D eigenvalue weighted by molar-refractivity contribution is 5.91. The molecule has 0 aliphatic rings. The van der Waals surface area contributed by atoms with Crippen LogP contribution in [0.5, 0.6) is 5.75 Å². The van der Waals surface area contributed by atoms with E-state index in [1.54, 1.807) is 13.2 Å². The molecule has 4 heteroatoms. The average molecular weight is 277 g/mol. The van der Waals surface area contributed by atoms with Crippen LogP contribution in [0.1, 0.15) is 25.8 Å². The van der Waals surface area contributed by atoms with Gasteiger partial charge in [-0.05, 0) is 36.1 Å². The molecule has 1 aromatic rings. The molecule has 1 unspecified atom stereocenters. The maximum Gasteiger partial charge on any atom is 0.244 e. The van der Waals surface area contributed by atoms with Gasteiger partial charge in [-0.1, -0.05) is 26.0 Å². The standard InChI is InChI=1S/C16H23NO3/c1-12(2)15(10-11-18)17-16(19)9-6-13-4-7-14(20-3)8-5-13/h4-9,12,15,18H,10-11H2,1-3H3,(H,17,19)/b9-6+. The second-order valence-corrected chi connectivity index (χ2v) is 4.98. The zero-order valence-corrected chi connectivity index (χ0v) is 12.3. The number of methoxy groups -OCH3 is 1. The molecule has 2 N–H and O–H groups in total. The summed E-state index contributed by atoms with van der Waals surface area (Å²) in [6.07, 6.45) is 3.83. The number of benzene rings is 1. The van der Waals surface area contributed by atoms with E-state index >= 15 is 0 Å². The number of amides is 1. The molecule has 0 aliphatic carbocycles. The van der Waals surface area contributed by atoms with E-state index in [1.165, 1.54) is 6.08 Å². The van der Waals surface area contributed by atoms with Gasteiger partial charge in [0.1, 0.15) is 5.75 Å². The summed E-state index contributed by atoms with van der Waals surface area (Å²) < 4.78 is 5.07. The maximum absolute atomic E-state index is 11.8. The van der Waals surface area contributed by atoms with E-state index < -0.39 is 0 Å². The predicted octanol–water partition coefficient (Wildman–Crippen LogP) is 2.23. The molecule has 0 aliphatic heterocycles. The van der Waals surface area contributed by atoms with Crippen LogP contribution in [0.4, 0.5) is 0 Å². The number of aliphatic hydroxyl groups excluding tert-OH is 1. The van der Waals surface area contributed by atoms with Crippen LogP contribution in [0.2, 0.25) is 0 Å². The molecule has 0 radical (unpaired) electrons. The summed E-state index contributed by atoms with van der Waals surface area (Å²) in [7, 11) is 1.62. The molecule has 1 aromatic carbocycles. The van der Waals surface area contributed by atoms with E-state index in [9.17, 15) is 4.79 Å². The molecular weight excluding hydrogens is 254 g/mol. The Morgan fingerprint density at radius 3 is 2.50 bits per heavy atom. The fraction of sp³-hybridized carbons (Fsp3) is 0.438. The van der Waals surface area contributed by atoms with Gasteiger partial charge < -0.3 is 15.2 Å². The highest BCUT2D eigenvalue weighted by Crippen LogP contribution is 2.12. The second-order valence-electron chi connectivity index (χ2n) is 4.98. The van der Waals surface area contributed by atoms with Crippen LogP contribution < -0.4 is 10.1 Å². The normalized spacial score (nSPS) is 12.7. The zero-order valence-electron chi connectivity index (χ0n) is 12.3. The lowest BCUT2D eigenvalue weighted by Crippen LogP contribution is -2.38. The lowest BCUT2D eigenvalue weighted by atomic mass is 10.0. The molecule has 0 fully saturated rings. The molecule has 0 aromatic heterocycles. The Bertz CT molecular complexity index is 438. The summed E-state index contributed by atoms with van der Waals surface area (Å²) in [4.78, 5) is 11.8. The van der Waals surface area contributed by atoms with Crippen molar-refractivity contribution in [2.24, 2.45) is 5.92 Å². The fourth-order valence-electron chi connectivity index (χ4n) is 1.83. The molecule has 1 rings (SSSR count). The minimum atomic E-state index is -0.145. The third kappa shape index (κ3) is 5.45. The molecule has 20 heavy (non-hydrogen) atoms. The maximum atomic E-state index is 11.8. The lowest BCUT2D eigenvalue weighted by molar-refractivity contribution is -0.117. The van der Waals surface area contributed by atoms with Gasteiger partial charge in [-0.2, -0.15) is 0 Å². The number of nitrogens with one attached hydrogen (secondary N) is 1. The van der Waals surface area contributed by atoms with Gasteiger partial charge in [-0.3, -0.25) is 4.79 Å². The number of ether oxygens (including phenoxy) is 1. The van der Waals surface area contributed by atoms with Crippen molar-refractivity contribution in [2.45, 2.75) is 26.3 Å². The monoisotopic (exact) mass is 277 g/mol. The SMILES string of the molecule is COc1ccc(/C=C/C(=O)NC(CCO)C(C)C)cc1. The van der Waals surface area contributed by atoms with Crippen LogP contribution in [0.15, 0.2) is 30.3 Å². The topological polar surface area (TPSA) is 58.6 Å². The smallest absolute Gasteiger partial charge is 0.244 e. The van der Waals surface area contributed by atoms with Crippen LogP contribution >= 0.6 is 0 Å². The van der Waals surface area contributed by atoms with Crippen LogP contribution in [0.3, 0.4) is 0 Å². The molecule has 110 valence electrons. The van der Waals surface area contributed by atoms with Crippen molar-refractivity contribution in [3.63, 3.8) is 0 Å². The second kappa shape index (κ2) is 8.38. The Morgan fingerprint density at radius 2 is 2.00 bits per heavy atom. The first-order valence-electron chi connectivity index (χ1n) is 6.80. The Hall–Kier alpha value is -1.81. The van der Waals surface area contributed by atoms with Crippen molar-refractivity contribution < 1.29 is 14.6 Å². The van der Waals surface area contributed by atoms with Crippen LogP contribution in [-0.4, -0.2) is 30.8 Å². The van der Waals surface area contributed by atoms with E-state index in [0.29, 0.717) is 12.3 Å². The molecule has 1 amide bonds. The van der Waals surface area contributed by atoms with Gasteiger partial charge in [0.2, 0.25) is 5.91 Å². The minimum absolute atomic E-state index is 0.00647. The van der Waals surface area contributed by atoms with Crippen molar-refractivity contribution in [1.82, 2.24) is 5.32 Å². The summed E-state index contributed by atoms with van der Waals surface area (Å²) in [5.41, 5.74) is 0.934. The first-order valence-corrected chi connectivity index (χ1v) is 6.80. The van der Waals surface area contributed by atoms with E-state index in [2.05, 4.69) is 5.32 Å².